The summed E-state index contributed by atoms with van der Waals surface area (Å²) in [6.45, 7) is 2.83. The van der Waals surface area contributed by atoms with Gasteiger partial charge in [0, 0.05) is 25.0 Å². The minimum atomic E-state index is 0.166. The third kappa shape index (κ3) is 2.15. The Morgan fingerprint density at radius 2 is 2.25 bits per heavy atom. The minimum absolute atomic E-state index is 0.166. The molecule has 0 unspecified atom stereocenters. The van der Waals surface area contributed by atoms with Crippen LogP contribution in [0.25, 0.3) is 0 Å². The van der Waals surface area contributed by atoms with Crippen LogP contribution in [0.1, 0.15) is 30.7 Å². The highest BCUT2D eigenvalue weighted by Gasteiger charge is 2.35. The Morgan fingerprint density at radius 1 is 1.56 bits per heavy atom. The number of halogens is 2. The van der Waals surface area contributed by atoms with Crippen LogP contribution in [-0.4, -0.2) is 21.2 Å². The molecule has 2 rings (SSSR count). The standard InChI is InChI=1S/C11H17BrClN3/c1-8-10(12)9(16(2)15-8)6-14-11(7-13)4-3-5-11/h14H,3-7H2,1-2H3. The van der Waals surface area contributed by atoms with Crippen molar-refractivity contribution in [2.45, 2.75) is 38.3 Å². The molecule has 1 aromatic rings. The quantitative estimate of drug-likeness (QED) is 0.867. The van der Waals surface area contributed by atoms with E-state index in [4.69, 9.17) is 11.6 Å². The first-order valence-electron chi connectivity index (χ1n) is 5.57. The van der Waals surface area contributed by atoms with E-state index in [1.54, 1.807) is 0 Å². The lowest BCUT2D eigenvalue weighted by molar-refractivity contribution is 0.209. The molecule has 0 spiro atoms. The SMILES string of the molecule is Cc1nn(C)c(CNC2(CCl)CCC2)c1Br. The third-order valence-electron chi connectivity index (χ3n) is 3.46. The maximum atomic E-state index is 6.01. The van der Waals surface area contributed by atoms with Gasteiger partial charge < -0.3 is 5.32 Å². The molecule has 1 aromatic heterocycles. The number of aromatic nitrogens is 2. The lowest BCUT2D eigenvalue weighted by Gasteiger charge is -2.41. The summed E-state index contributed by atoms with van der Waals surface area (Å²) in [5.74, 6) is 0.696. The van der Waals surface area contributed by atoms with E-state index in [2.05, 4.69) is 26.3 Å². The monoisotopic (exact) mass is 305 g/mol. The highest BCUT2D eigenvalue weighted by atomic mass is 79.9. The van der Waals surface area contributed by atoms with E-state index in [0.29, 0.717) is 5.88 Å². The summed E-state index contributed by atoms with van der Waals surface area (Å²) in [5, 5.41) is 7.95. The predicted molar refractivity (Wildman–Crippen MR) is 69.8 cm³/mol. The van der Waals surface area contributed by atoms with Crippen molar-refractivity contribution in [1.82, 2.24) is 15.1 Å². The highest BCUT2D eigenvalue weighted by molar-refractivity contribution is 9.10. The molecule has 1 aliphatic rings. The smallest absolute Gasteiger partial charge is 0.0739 e. The van der Waals surface area contributed by atoms with Crippen LogP contribution in [0.2, 0.25) is 0 Å². The first-order valence-corrected chi connectivity index (χ1v) is 6.90. The van der Waals surface area contributed by atoms with Crippen molar-refractivity contribution in [2.75, 3.05) is 5.88 Å². The molecule has 3 nitrogen and oxygen atoms in total. The fourth-order valence-corrected chi connectivity index (χ4v) is 2.94. The normalized spacial score (nSPS) is 18.5. The Hall–Kier alpha value is -0.0600. The van der Waals surface area contributed by atoms with Gasteiger partial charge in [-0.2, -0.15) is 5.10 Å². The van der Waals surface area contributed by atoms with Gasteiger partial charge in [0.05, 0.1) is 15.9 Å². The van der Waals surface area contributed by atoms with Crippen molar-refractivity contribution in [3.63, 3.8) is 0 Å². The van der Waals surface area contributed by atoms with Crippen LogP contribution >= 0.6 is 27.5 Å². The molecule has 1 saturated carbocycles. The van der Waals surface area contributed by atoms with E-state index in [1.807, 2.05) is 18.7 Å². The largest absolute Gasteiger partial charge is 0.304 e. The Labute approximate surface area is 110 Å². The molecule has 0 saturated heterocycles. The average Bonchev–Trinajstić information content (AvgIpc) is 2.43. The van der Waals surface area contributed by atoms with Crippen molar-refractivity contribution in [1.29, 1.82) is 0 Å². The summed E-state index contributed by atoms with van der Waals surface area (Å²) in [6, 6.07) is 0. The summed E-state index contributed by atoms with van der Waals surface area (Å²) in [7, 11) is 1.98. The van der Waals surface area contributed by atoms with Crippen LogP contribution in [-0.2, 0) is 13.6 Å². The van der Waals surface area contributed by atoms with Crippen molar-refractivity contribution >= 4 is 27.5 Å². The van der Waals surface area contributed by atoms with Crippen LogP contribution in [0.3, 0.4) is 0 Å². The van der Waals surface area contributed by atoms with E-state index in [-0.39, 0.29) is 5.54 Å². The summed E-state index contributed by atoms with van der Waals surface area (Å²) < 4.78 is 3.03. The zero-order valence-electron chi connectivity index (χ0n) is 9.69. The van der Waals surface area contributed by atoms with Crippen LogP contribution < -0.4 is 5.32 Å². The molecule has 0 aromatic carbocycles. The Balaban J connectivity index is 2.04. The maximum Gasteiger partial charge on any atom is 0.0739 e. The number of nitrogens with zero attached hydrogens (tertiary/aromatic N) is 2. The molecular weight excluding hydrogens is 289 g/mol. The number of rotatable bonds is 4. The van der Waals surface area contributed by atoms with Gasteiger partial charge in [-0.25, -0.2) is 0 Å². The van der Waals surface area contributed by atoms with Crippen LogP contribution in [0.4, 0.5) is 0 Å². The first kappa shape index (κ1) is 12.4. The highest BCUT2D eigenvalue weighted by Crippen LogP contribution is 2.33. The molecule has 5 heteroatoms. The van der Waals surface area contributed by atoms with Gasteiger partial charge in [0.15, 0.2) is 0 Å². The molecule has 1 fully saturated rings. The number of nitrogens with one attached hydrogen (secondary N) is 1. The van der Waals surface area contributed by atoms with Gasteiger partial charge in [0.1, 0.15) is 0 Å². The molecule has 16 heavy (non-hydrogen) atoms. The van der Waals surface area contributed by atoms with E-state index in [9.17, 15) is 0 Å². The molecule has 0 amide bonds. The van der Waals surface area contributed by atoms with E-state index in [0.717, 1.165) is 16.7 Å². The topological polar surface area (TPSA) is 29.9 Å². The van der Waals surface area contributed by atoms with Crippen LogP contribution in [0.5, 0.6) is 0 Å². The summed E-state index contributed by atoms with van der Waals surface area (Å²) >= 11 is 9.59. The fourth-order valence-electron chi connectivity index (χ4n) is 2.10. The van der Waals surface area contributed by atoms with E-state index in [1.165, 1.54) is 25.0 Å². The Kier molecular flexibility index (Phi) is 3.62. The third-order valence-corrected chi connectivity index (χ3v) is 5.00. The fraction of sp³-hybridized carbons (Fsp3) is 0.727. The second kappa shape index (κ2) is 4.67. The molecule has 0 bridgehead atoms. The van der Waals surface area contributed by atoms with Crippen LogP contribution in [0.15, 0.2) is 4.47 Å². The van der Waals surface area contributed by atoms with Gasteiger partial charge >= 0.3 is 0 Å². The maximum absolute atomic E-state index is 6.01. The average molecular weight is 307 g/mol. The summed E-state index contributed by atoms with van der Waals surface area (Å²) in [4.78, 5) is 0. The van der Waals surface area contributed by atoms with Crippen LogP contribution in [0, 0.1) is 6.92 Å². The van der Waals surface area contributed by atoms with Gasteiger partial charge in [0.2, 0.25) is 0 Å². The lowest BCUT2D eigenvalue weighted by atomic mass is 9.78. The molecule has 1 N–H and O–H groups in total. The van der Waals surface area contributed by atoms with Gasteiger partial charge in [0.25, 0.3) is 0 Å². The Morgan fingerprint density at radius 3 is 2.62 bits per heavy atom. The first-order chi connectivity index (χ1) is 7.58. The molecule has 90 valence electrons. The zero-order chi connectivity index (χ0) is 11.8. The predicted octanol–water partition coefficient (Wildman–Crippen LogP) is 2.74. The molecule has 0 atom stereocenters. The van der Waals surface area contributed by atoms with Crippen molar-refractivity contribution in [3.8, 4) is 0 Å². The van der Waals surface area contributed by atoms with Crippen molar-refractivity contribution in [2.24, 2.45) is 7.05 Å². The molecule has 1 heterocycles. The summed E-state index contributed by atoms with van der Waals surface area (Å²) in [6.07, 6.45) is 3.65. The number of alkyl halides is 1. The van der Waals surface area contributed by atoms with Crippen molar-refractivity contribution in [3.05, 3.63) is 15.9 Å². The molecule has 1 aliphatic carbocycles. The second-order valence-electron chi connectivity index (χ2n) is 4.59. The summed E-state index contributed by atoms with van der Waals surface area (Å²) in [5.41, 5.74) is 2.39. The van der Waals surface area contributed by atoms with Gasteiger partial charge in [-0.15, -0.1) is 11.6 Å². The van der Waals surface area contributed by atoms with E-state index < -0.39 is 0 Å². The number of aryl methyl sites for hydroxylation is 2. The van der Waals surface area contributed by atoms with Gasteiger partial charge in [-0.05, 0) is 42.1 Å². The van der Waals surface area contributed by atoms with E-state index >= 15 is 0 Å². The number of hydrogen-bond acceptors (Lipinski definition) is 2. The lowest BCUT2D eigenvalue weighted by Crippen LogP contribution is -2.52. The minimum Gasteiger partial charge on any atom is -0.304 e. The van der Waals surface area contributed by atoms with Gasteiger partial charge in [-0.1, -0.05) is 0 Å². The second-order valence-corrected chi connectivity index (χ2v) is 5.65. The Bertz CT molecular complexity index is 379. The zero-order valence-corrected chi connectivity index (χ0v) is 12.0. The molecular formula is C11H17BrClN3. The molecule has 0 radical (unpaired) electrons. The number of hydrogen-bond donors (Lipinski definition) is 1. The van der Waals surface area contributed by atoms with Crippen molar-refractivity contribution < 1.29 is 0 Å². The molecule has 0 aliphatic heterocycles. The van der Waals surface area contributed by atoms with Gasteiger partial charge in [-0.3, -0.25) is 4.68 Å².